The molecule has 27 heteroatoms. The maximum Gasteiger partial charge on any atom is 0.472 e. The van der Waals surface area contributed by atoms with E-state index in [0.29, 0.717) is 19.4 Å². The van der Waals surface area contributed by atoms with Gasteiger partial charge in [0.2, 0.25) is 0 Å². The smallest absolute Gasteiger partial charge is 0.462 e. The van der Waals surface area contributed by atoms with Crippen molar-refractivity contribution in [2.75, 3.05) is 19.8 Å². The summed E-state index contributed by atoms with van der Waals surface area (Å²) in [5, 5.41) is 21.7. The van der Waals surface area contributed by atoms with Gasteiger partial charge in [-0.2, -0.15) is 0 Å². The number of esters is 2. The molecular weight excluding hydrogens is 898 g/mol. The Bertz CT molecular complexity index is 1390. The number of phosphoric ester groups is 4. The third kappa shape index (κ3) is 28.7. The minimum absolute atomic E-state index is 0.0128. The Morgan fingerprint density at radius 3 is 1.30 bits per heavy atom. The first-order chi connectivity index (χ1) is 28.5. The number of unbranched alkanes of at least 4 members (excludes halogenated alkanes) is 17. The van der Waals surface area contributed by atoms with E-state index >= 15 is 0 Å². The highest BCUT2D eigenvalue weighted by atomic mass is 31.2. The van der Waals surface area contributed by atoms with Crippen molar-refractivity contribution >= 4 is 43.2 Å². The molecule has 362 valence electrons. The summed E-state index contributed by atoms with van der Waals surface area (Å²) in [5.74, 6) is -1.43. The molecule has 1 fully saturated rings. The Labute approximate surface area is 357 Å². The van der Waals surface area contributed by atoms with Crippen molar-refractivity contribution in [1.29, 1.82) is 0 Å². The van der Waals surface area contributed by atoms with Gasteiger partial charge in [0.15, 0.2) is 6.10 Å². The third-order valence-electron chi connectivity index (χ3n) is 9.50. The van der Waals surface area contributed by atoms with E-state index in [1.807, 2.05) is 0 Å². The van der Waals surface area contributed by atoms with E-state index < -0.39 is 99.2 Å². The van der Waals surface area contributed by atoms with E-state index in [9.17, 15) is 72.3 Å². The van der Waals surface area contributed by atoms with Crippen molar-refractivity contribution in [1.82, 2.24) is 0 Å². The molecule has 1 aliphatic rings. The van der Waals surface area contributed by atoms with Gasteiger partial charge in [-0.3, -0.25) is 32.2 Å². The minimum atomic E-state index is -5.78. The zero-order chi connectivity index (χ0) is 46.1. The summed E-state index contributed by atoms with van der Waals surface area (Å²) in [7, 11) is -23.0. The average molecular weight is 968 g/mol. The fourth-order valence-electron chi connectivity index (χ4n) is 6.51. The quantitative estimate of drug-likeness (QED) is 0.0238. The molecule has 0 bridgehead atoms. The summed E-state index contributed by atoms with van der Waals surface area (Å²) in [4.78, 5) is 92.1. The standard InChI is InChI=1S/C34H69NO22P4/c1-2-3-4-5-6-7-8-9-10-11-12-16-19-22-28(37)53-26(24-51-27(36)21-18-15-13-14-17-20-23-35)25-52-61(49,50)57-31-29(38)32(54-58(40,41)42)34(56-60(46,47)48)33(30(31)39)55-59(43,44)45/h26,29-34,38-39H,2-25,35H2,1H3,(H,49,50)(H2,40,41,42)(H2,43,44,45)(H2,46,47,48)/t26-,29+,30?,31?,32+,33-,34?/m1/s1. The molecule has 0 heterocycles. The van der Waals surface area contributed by atoms with Gasteiger partial charge in [0.05, 0.1) is 6.61 Å². The number of carbonyl (C=O) groups excluding carboxylic acids is 2. The first kappa shape index (κ1) is 58.3. The van der Waals surface area contributed by atoms with Gasteiger partial charge in [-0.1, -0.05) is 110 Å². The van der Waals surface area contributed by atoms with Crippen LogP contribution >= 0.6 is 31.3 Å². The molecule has 8 atom stereocenters. The number of hydrogen-bond donors (Lipinski definition) is 10. The van der Waals surface area contributed by atoms with Crippen LogP contribution in [0.1, 0.15) is 142 Å². The van der Waals surface area contributed by atoms with Crippen molar-refractivity contribution in [3.05, 3.63) is 0 Å². The molecule has 1 saturated carbocycles. The Hall–Kier alpha value is -0.740. The van der Waals surface area contributed by atoms with Crippen LogP contribution in [0.3, 0.4) is 0 Å². The van der Waals surface area contributed by atoms with E-state index in [2.05, 4.69) is 20.5 Å². The predicted molar refractivity (Wildman–Crippen MR) is 216 cm³/mol. The van der Waals surface area contributed by atoms with Gasteiger partial charge in [0.1, 0.15) is 43.2 Å². The molecule has 0 radical (unpaired) electrons. The average Bonchev–Trinajstić information content (AvgIpc) is 3.14. The van der Waals surface area contributed by atoms with Crippen LogP contribution in [0, 0.1) is 0 Å². The minimum Gasteiger partial charge on any atom is -0.462 e. The van der Waals surface area contributed by atoms with Crippen LogP contribution in [0.5, 0.6) is 0 Å². The number of carbonyl (C=O) groups is 2. The van der Waals surface area contributed by atoms with Crippen molar-refractivity contribution in [3.63, 3.8) is 0 Å². The van der Waals surface area contributed by atoms with Gasteiger partial charge in [-0.05, 0) is 25.8 Å². The molecule has 0 aromatic carbocycles. The lowest BCUT2D eigenvalue weighted by atomic mass is 9.85. The number of hydrogen-bond acceptors (Lipinski definition) is 16. The fraction of sp³-hybridized carbons (Fsp3) is 0.941. The first-order valence-corrected chi connectivity index (χ1v) is 26.9. The zero-order valence-corrected chi connectivity index (χ0v) is 38.3. The fourth-order valence-corrected chi connectivity index (χ4v) is 9.16. The number of ether oxygens (including phenoxy) is 2. The van der Waals surface area contributed by atoms with Crippen LogP contribution in [0.15, 0.2) is 0 Å². The number of aliphatic hydroxyl groups excluding tert-OH is 2. The highest BCUT2D eigenvalue weighted by Crippen LogP contribution is 2.53. The number of rotatable bonds is 36. The molecular formula is C34H69NO22P4. The van der Waals surface area contributed by atoms with Gasteiger partial charge in [0, 0.05) is 12.8 Å². The van der Waals surface area contributed by atoms with Crippen molar-refractivity contribution < 1.29 is 104 Å². The highest BCUT2D eigenvalue weighted by Gasteiger charge is 2.59. The Morgan fingerprint density at radius 1 is 0.508 bits per heavy atom. The van der Waals surface area contributed by atoms with E-state index in [1.165, 1.54) is 44.9 Å². The Balaban J connectivity index is 2.98. The summed E-state index contributed by atoms with van der Waals surface area (Å²) in [6.07, 6.45) is 0.812. The predicted octanol–water partition coefficient (Wildman–Crippen LogP) is 4.28. The molecule has 4 unspecified atom stereocenters. The topological polar surface area (TPSA) is 375 Å². The third-order valence-corrected chi connectivity index (χ3v) is 12.0. The number of nitrogens with two attached hydrogens (primary N) is 1. The lowest BCUT2D eigenvalue weighted by molar-refractivity contribution is -0.209. The van der Waals surface area contributed by atoms with Crippen LogP contribution in [-0.4, -0.2) is 119 Å². The van der Waals surface area contributed by atoms with Crippen LogP contribution in [0.4, 0.5) is 0 Å². The van der Waals surface area contributed by atoms with E-state index in [4.69, 9.17) is 24.3 Å². The monoisotopic (exact) mass is 967 g/mol. The van der Waals surface area contributed by atoms with E-state index in [1.54, 1.807) is 0 Å². The van der Waals surface area contributed by atoms with Crippen LogP contribution in [-0.2, 0) is 59.9 Å². The lowest BCUT2D eigenvalue weighted by Gasteiger charge is -2.45. The second kappa shape index (κ2) is 30.5. The van der Waals surface area contributed by atoms with Crippen molar-refractivity contribution in [3.8, 4) is 0 Å². The Kier molecular flexibility index (Phi) is 29.1. The SMILES string of the molecule is CCCCCCCCCCCCCCCC(=O)O[C@H](COC(=O)CCCCCCCCN)COP(=O)(O)OC1C(O)[C@@H](OP(=O)(O)O)C(OP(=O)(O)O)[C@@H](OP(=O)(O)O)[C@H]1O. The largest absolute Gasteiger partial charge is 0.472 e. The summed E-state index contributed by atoms with van der Waals surface area (Å²) >= 11 is 0. The van der Waals surface area contributed by atoms with Gasteiger partial charge < -0.3 is 59.7 Å². The maximum atomic E-state index is 13.2. The molecule has 0 aromatic heterocycles. The van der Waals surface area contributed by atoms with Crippen LogP contribution in [0.2, 0.25) is 0 Å². The molecule has 61 heavy (non-hydrogen) atoms. The van der Waals surface area contributed by atoms with Gasteiger partial charge >= 0.3 is 43.2 Å². The summed E-state index contributed by atoms with van der Waals surface area (Å²) in [5.41, 5.74) is 5.49. The van der Waals surface area contributed by atoms with Gasteiger partial charge in [-0.25, -0.2) is 18.3 Å². The van der Waals surface area contributed by atoms with E-state index in [-0.39, 0.29) is 12.8 Å². The number of phosphoric acid groups is 4. The Morgan fingerprint density at radius 2 is 0.885 bits per heavy atom. The maximum absolute atomic E-state index is 13.2. The van der Waals surface area contributed by atoms with Crippen molar-refractivity contribution in [2.24, 2.45) is 5.73 Å². The molecule has 0 saturated heterocycles. The molecule has 1 rings (SSSR count). The zero-order valence-electron chi connectivity index (χ0n) is 34.7. The van der Waals surface area contributed by atoms with Crippen molar-refractivity contribution in [2.45, 2.75) is 184 Å². The summed E-state index contributed by atoms with van der Waals surface area (Å²) < 4.78 is 81.5. The van der Waals surface area contributed by atoms with Gasteiger partial charge in [-0.15, -0.1) is 0 Å². The summed E-state index contributed by atoms with van der Waals surface area (Å²) in [6, 6.07) is 0. The molecule has 11 N–H and O–H groups in total. The van der Waals surface area contributed by atoms with Crippen LogP contribution in [0.25, 0.3) is 0 Å². The van der Waals surface area contributed by atoms with Crippen LogP contribution < -0.4 is 5.73 Å². The van der Waals surface area contributed by atoms with Gasteiger partial charge in [0.25, 0.3) is 0 Å². The second-order valence-corrected chi connectivity index (χ2v) is 19.9. The molecule has 0 spiro atoms. The van der Waals surface area contributed by atoms with E-state index in [0.717, 1.165) is 64.2 Å². The normalized spacial score (nSPS) is 22.7. The molecule has 1 aliphatic carbocycles. The highest BCUT2D eigenvalue weighted by molar-refractivity contribution is 7.47. The lowest BCUT2D eigenvalue weighted by Crippen LogP contribution is -2.65. The summed E-state index contributed by atoms with van der Waals surface area (Å²) in [6.45, 7) is 1.11. The molecule has 0 amide bonds. The molecule has 0 aromatic rings. The molecule has 23 nitrogen and oxygen atoms in total. The number of aliphatic hydroxyl groups is 2. The molecule has 0 aliphatic heterocycles. The first-order valence-electron chi connectivity index (χ1n) is 20.8. The second-order valence-electron chi connectivity index (χ2n) is 14.9.